The van der Waals surface area contributed by atoms with Gasteiger partial charge in [0.1, 0.15) is 17.0 Å². The topological polar surface area (TPSA) is 82.7 Å². The Labute approximate surface area is 148 Å². The zero-order valence-corrected chi connectivity index (χ0v) is 14.9. The van der Waals surface area contributed by atoms with Crippen LogP contribution in [0.3, 0.4) is 0 Å². The van der Waals surface area contributed by atoms with Crippen LogP contribution in [0.2, 0.25) is 0 Å². The third-order valence-corrected chi connectivity index (χ3v) is 5.31. The number of anilines is 1. The first kappa shape index (κ1) is 15.6. The average Bonchev–Trinajstić information content (AvgIpc) is 3.21. The number of rotatable bonds is 3. The van der Waals surface area contributed by atoms with Gasteiger partial charge in [0.25, 0.3) is 5.91 Å². The number of benzene rings is 1. The summed E-state index contributed by atoms with van der Waals surface area (Å²) in [5.41, 5.74) is 4.82. The number of amides is 1. The molecule has 1 aromatic carbocycles. The van der Waals surface area contributed by atoms with Crippen LogP contribution in [0.5, 0.6) is 0 Å². The molecule has 0 bridgehead atoms. The van der Waals surface area contributed by atoms with Crippen LogP contribution in [0, 0.1) is 6.92 Å². The van der Waals surface area contributed by atoms with E-state index in [2.05, 4.69) is 37.9 Å². The number of aromatic nitrogens is 3. The number of thiophene rings is 1. The standard InChI is InChI=1S/C18H17N5OS/c1-9-11-5-4-10(17(24)20-3)6-13(11)23-15(9)12-7-25-18-14(12)16(19-2)21-8-22-18/h4-8,23H,1-3H3,(H,20,24)(H,19,21,22). The van der Waals surface area contributed by atoms with Crippen molar-refractivity contribution in [3.8, 4) is 11.3 Å². The van der Waals surface area contributed by atoms with Gasteiger partial charge in [0.2, 0.25) is 0 Å². The van der Waals surface area contributed by atoms with Gasteiger partial charge in [-0.1, -0.05) is 6.07 Å². The second-order valence-corrected chi connectivity index (χ2v) is 6.62. The molecule has 0 unspecified atom stereocenters. The van der Waals surface area contributed by atoms with Gasteiger partial charge in [-0.15, -0.1) is 11.3 Å². The van der Waals surface area contributed by atoms with Gasteiger partial charge >= 0.3 is 0 Å². The van der Waals surface area contributed by atoms with E-state index in [-0.39, 0.29) is 5.91 Å². The van der Waals surface area contributed by atoms with E-state index in [0.29, 0.717) is 5.56 Å². The molecule has 0 fully saturated rings. The molecule has 4 aromatic rings. The quantitative estimate of drug-likeness (QED) is 0.527. The summed E-state index contributed by atoms with van der Waals surface area (Å²) in [5.74, 6) is 0.716. The Morgan fingerprint density at radius 3 is 2.84 bits per heavy atom. The van der Waals surface area contributed by atoms with Crippen LogP contribution in [-0.4, -0.2) is 35.0 Å². The maximum Gasteiger partial charge on any atom is 0.251 e. The molecule has 3 heterocycles. The Balaban J connectivity index is 1.96. The molecule has 0 aliphatic rings. The van der Waals surface area contributed by atoms with Crippen molar-refractivity contribution in [1.29, 1.82) is 0 Å². The summed E-state index contributed by atoms with van der Waals surface area (Å²) in [7, 11) is 3.49. The highest BCUT2D eigenvalue weighted by Crippen LogP contribution is 2.39. The number of H-pyrrole nitrogens is 1. The Kier molecular flexibility index (Phi) is 3.65. The number of aromatic amines is 1. The van der Waals surface area contributed by atoms with Crippen LogP contribution < -0.4 is 10.6 Å². The van der Waals surface area contributed by atoms with Crippen LogP contribution in [0.1, 0.15) is 15.9 Å². The number of carbonyl (C=O) groups excluding carboxylic acids is 1. The number of hydrogen-bond donors (Lipinski definition) is 3. The molecule has 126 valence electrons. The largest absolute Gasteiger partial charge is 0.372 e. The van der Waals surface area contributed by atoms with E-state index in [1.165, 1.54) is 0 Å². The highest BCUT2D eigenvalue weighted by atomic mass is 32.1. The number of fused-ring (bicyclic) bond motifs is 2. The number of carbonyl (C=O) groups is 1. The van der Waals surface area contributed by atoms with E-state index >= 15 is 0 Å². The van der Waals surface area contributed by atoms with Gasteiger partial charge in [0, 0.05) is 41.5 Å². The lowest BCUT2D eigenvalue weighted by Crippen LogP contribution is -2.17. The molecule has 0 saturated carbocycles. The Hall–Kier alpha value is -2.93. The zero-order chi connectivity index (χ0) is 17.6. The van der Waals surface area contributed by atoms with E-state index in [4.69, 9.17) is 0 Å². The van der Waals surface area contributed by atoms with Crippen LogP contribution in [0.4, 0.5) is 5.82 Å². The summed E-state index contributed by atoms with van der Waals surface area (Å²) in [5, 5.41) is 10.0. The molecule has 0 radical (unpaired) electrons. The van der Waals surface area contributed by atoms with Crippen molar-refractivity contribution in [3.63, 3.8) is 0 Å². The summed E-state index contributed by atoms with van der Waals surface area (Å²) in [6.45, 7) is 2.08. The number of aryl methyl sites for hydroxylation is 1. The van der Waals surface area contributed by atoms with Gasteiger partial charge in [0.15, 0.2) is 0 Å². The fourth-order valence-corrected chi connectivity index (χ4v) is 4.04. The lowest BCUT2D eigenvalue weighted by atomic mass is 10.1. The molecule has 3 aromatic heterocycles. The molecule has 0 aliphatic carbocycles. The van der Waals surface area contributed by atoms with Gasteiger partial charge in [0.05, 0.1) is 11.1 Å². The summed E-state index contributed by atoms with van der Waals surface area (Å²) in [4.78, 5) is 25.0. The van der Waals surface area contributed by atoms with Crippen LogP contribution in [0.25, 0.3) is 32.4 Å². The lowest BCUT2D eigenvalue weighted by Gasteiger charge is -2.03. The minimum absolute atomic E-state index is 0.0949. The SMILES string of the molecule is CNC(=O)c1ccc2c(C)c(-c3csc4ncnc(NC)c34)[nH]c2c1. The van der Waals surface area contributed by atoms with Crippen molar-refractivity contribution in [1.82, 2.24) is 20.3 Å². The number of hydrogen-bond acceptors (Lipinski definition) is 5. The van der Waals surface area contributed by atoms with Gasteiger partial charge in [-0.2, -0.15) is 0 Å². The monoisotopic (exact) mass is 351 g/mol. The molecule has 0 saturated heterocycles. The van der Waals surface area contributed by atoms with Crippen molar-refractivity contribution in [2.45, 2.75) is 6.92 Å². The van der Waals surface area contributed by atoms with E-state index in [9.17, 15) is 4.79 Å². The summed E-state index contributed by atoms with van der Waals surface area (Å²) in [6.07, 6.45) is 1.57. The molecule has 3 N–H and O–H groups in total. The summed E-state index contributed by atoms with van der Waals surface area (Å²) < 4.78 is 0. The van der Waals surface area contributed by atoms with Crippen LogP contribution in [-0.2, 0) is 0 Å². The predicted octanol–water partition coefficient (Wildman–Crippen LogP) is 3.55. The fourth-order valence-electron chi connectivity index (χ4n) is 3.14. The third-order valence-electron chi connectivity index (χ3n) is 4.42. The molecule has 0 atom stereocenters. The number of nitrogens with zero attached hydrogens (tertiary/aromatic N) is 2. The van der Waals surface area contributed by atoms with Gasteiger partial charge in [-0.25, -0.2) is 9.97 Å². The van der Waals surface area contributed by atoms with Crippen molar-refractivity contribution in [3.05, 3.63) is 41.0 Å². The molecular weight excluding hydrogens is 334 g/mol. The van der Waals surface area contributed by atoms with Gasteiger partial charge < -0.3 is 15.6 Å². The van der Waals surface area contributed by atoms with Gasteiger partial charge in [-0.3, -0.25) is 4.79 Å². The molecule has 1 amide bonds. The van der Waals surface area contributed by atoms with E-state index < -0.39 is 0 Å². The van der Waals surface area contributed by atoms with Crippen LogP contribution in [0.15, 0.2) is 29.9 Å². The molecule has 4 rings (SSSR count). The van der Waals surface area contributed by atoms with Crippen LogP contribution >= 0.6 is 11.3 Å². The van der Waals surface area contributed by atoms with E-state index in [1.807, 2.05) is 25.2 Å². The Bertz CT molecular complexity index is 1110. The van der Waals surface area contributed by atoms with E-state index in [1.54, 1.807) is 24.7 Å². The Morgan fingerprint density at radius 2 is 2.08 bits per heavy atom. The molecule has 6 nitrogen and oxygen atoms in total. The van der Waals surface area contributed by atoms with Crippen molar-refractivity contribution in [2.24, 2.45) is 0 Å². The molecule has 25 heavy (non-hydrogen) atoms. The first-order valence-electron chi connectivity index (χ1n) is 7.88. The fraction of sp³-hybridized carbons (Fsp3) is 0.167. The van der Waals surface area contributed by atoms with Crippen molar-refractivity contribution in [2.75, 3.05) is 19.4 Å². The normalized spacial score (nSPS) is 11.2. The molecular formula is C18H17N5OS. The zero-order valence-electron chi connectivity index (χ0n) is 14.1. The summed E-state index contributed by atoms with van der Waals surface area (Å²) >= 11 is 1.59. The lowest BCUT2D eigenvalue weighted by molar-refractivity contribution is 0.0963. The van der Waals surface area contributed by atoms with Crippen molar-refractivity contribution < 1.29 is 4.79 Å². The minimum Gasteiger partial charge on any atom is -0.372 e. The maximum atomic E-state index is 11.9. The average molecular weight is 351 g/mol. The Morgan fingerprint density at radius 1 is 1.24 bits per heavy atom. The summed E-state index contributed by atoms with van der Waals surface area (Å²) in [6, 6.07) is 5.72. The van der Waals surface area contributed by atoms with Gasteiger partial charge in [-0.05, 0) is 24.6 Å². The highest BCUT2D eigenvalue weighted by Gasteiger charge is 2.17. The minimum atomic E-state index is -0.0949. The second-order valence-electron chi connectivity index (χ2n) is 5.77. The third kappa shape index (κ3) is 2.35. The molecule has 0 spiro atoms. The first-order valence-corrected chi connectivity index (χ1v) is 8.76. The van der Waals surface area contributed by atoms with E-state index in [0.717, 1.165) is 43.8 Å². The van der Waals surface area contributed by atoms with Crippen molar-refractivity contribution >= 4 is 44.2 Å². The number of nitrogens with one attached hydrogen (secondary N) is 3. The maximum absolute atomic E-state index is 11.9. The smallest absolute Gasteiger partial charge is 0.251 e. The first-order chi connectivity index (χ1) is 12.1. The second kappa shape index (κ2) is 5.86. The molecule has 7 heteroatoms. The predicted molar refractivity (Wildman–Crippen MR) is 102 cm³/mol. The molecule has 0 aliphatic heterocycles. The highest BCUT2D eigenvalue weighted by molar-refractivity contribution is 7.17.